The standard InChI is InChI=1S/C16H19ClO/c1-3-12-9-10-14(11-15(12)17)18-16-8-6-5-7-13(16)4-2/h1,9-11,13,16H,4-8H2,2H3. The Morgan fingerprint density at radius 2 is 2.17 bits per heavy atom. The molecule has 1 fully saturated rings. The zero-order chi connectivity index (χ0) is 13.0. The predicted molar refractivity (Wildman–Crippen MR) is 76.1 cm³/mol. The molecule has 2 rings (SSSR count). The number of halogens is 1. The van der Waals surface area contributed by atoms with E-state index in [1.165, 1.54) is 25.7 Å². The van der Waals surface area contributed by atoms with Gasteiger partial charge in [0, 0.05) is 11.6 Å². The van der Waals surface area contributed by atoms with E-state index in [0.717, 1.165) is 17.7 Å². The van der Waals surface area contributed by atoms with Gasteiger partial charge in [-0.25, -0.2) is 0 Å². The highest BCUT2D eigenvalue weighted by molar-refractivity contribution is 6.31. The summed E-state index contributed by atoms with van der Waals surface area (Å²) in [5.41, 5.74) is 0.722. The van der Waals surface area contributed by atoms with Gasteiger partial charge >= 0.3 is 0 Å². The molecule has 0 aromatic heterocycles. The van der Waals surface area contributed by atoms with E-state index < -0.39 is 0 Å². The maximum Gasteiger partial charge on any atom is 0.121 e. The number of rotatable bonds is 3. The van der Waals surface area contributed by atoms with Gasteiger partial charge in [0.15, 0.2) is 0 Å². The Balaban J connectivity index is 2.08. The molecule has 0 N–H and O–H groups in total. The lowest BCUT2D eigenvalue weighted by Gasteiger charge is -2.31. The van der Waals surface area contributed by atoms with Crippen LogP contribution in [0.15, 0.2) is 18.2 Å². The number of hydrogen-bond acceptors (Lipinski definition) is 1. The van der Waals surface area contributed by atoms with Crippen LogP contribution in [0.2, 0.25) is 5.02 Å². The Labute approximate surface area is 114 Å². The quantitative estimate of drug-likeness (QED) is 0.720. The normalized spacial score (nSPS) is 23.4. The Morgan fingerprint density at radius 3 is 2.83 bits per heavy atom. The van der Waals surface area contributed by atoms with Crippen molar-refractivity contribution < 1.29 is 4.74 Å². The summed E-state index contributed by atoms with van der Waals surface area (Å²) in [5, 5.41) is 0.596. The van der Waals surface area contributed by atoms with E-state index in [1.54, 1.807) is 0 Å². The molecule has 2 heteroatoms. The second-order valence-corrected chi connectivity index (χ2v) is 5.30. The molecule has 1 saturated carbocycles. The molecule has 2 unspecified atom stereocenters. The largest absolute Gasteiger partial charge is 0.490 e. The summed E-state index contributed by atoms with van der Waals surface area (Å²) in [4.78, 5) is 0. The fourth-order valence-corrected chi connectivity index (χ4v) is 2.88. The second kappa shape index (κ2) is 6.16. The van der Waals surface area contributed by atoms with Crippen molar-refractivity contribution in [3.8, 4) is 18.1 Å². The third-order valence-electron chi connectivity index (χ3n) is 3.75. The maximum atomic E-state index is 6.09. The van der Waals surface area contributed by atoms with Crippen LogP contribution in [0.1, 0.15) is 44.6 Å². The van der Waals surface area contributed by atoms with Crippen molar-refractivity contribution >= 4 is 11.6 Å². The monoisotopic (exact) mass is 262 g/mol. The van der Waals surface area contributed by atoms with Crippen LogP contribution in [0.25, 0.3) is 0 Å². The van der Waals surface area contributed by atoms with Gasteiger partial charge in [-0.05, 0) is 43.7 Å². The average Bonchev–Trinajstić information content (AvgIpc) is 2.39. The van der Waals surface area contributed by atoms with Crippen LogP contribution >= 0.6 is 11.6 Å². The molecular formula is C16H19ClO. The molecule has 1 nitrogen and oxygen atoms in total. The summed E-state index contributed by atoms with van der Waals surface area (Å²) in [6.45, 7) is 2.24. The highest BCUT2D eigenvalue weighted by Crippen LogP contribution is 2.31. The van der Waals surface area contributed by atoms with E-state index in [1.807, 2.05) is 18.2 Å². The number of ether oxygens (including phenoxy) is 1. The topological polar surface area (TPSA) is 9.23 Å². The van der Waals surface area contributed by atoms with Crippen LogP contribution < -0.4 is 4.74 Å². The highest BCUT2D eigenvalue weighted by Gasteiger charge is 2.25. The highest BCUT2D eigenvalue weighted by atomic mass is 35.5. The van der Waals surface area contributed by atoms with Crippen LogP contribution in [-0.2, 0) is 0 Å². The van der Waals surface area contributed by atoms with Crippen molar-refractivity contribution in [3.63, 3.8) is 0 Å². The second-order valence-electron chi connectivity index (χ2n) is 4.90. The van der Waals surface area contributed by atoms with Gasteiger partial charge in [0.2, 0.25) is 0 Å². The first-order valence-corrected chi connectivity index (χ1v) is 7.05. The predicted octanol–water partition coefficient (Wildman–Crippen LogP) is 4.67. The number of hydrogen-bond donors (Lipinski definition) is 0. The van der Waals surface area contributed by atoms with Crippen molar-refractivity contribution in [2.24, 2.45) is 5.92 Å². The molecular weight excluding hydrogens is 244 g/mol. The summed E-state index contributed by atoms with van der Waals surface area (Å²) in [6.07, 6.45) is 11.9. The van der Waals surface area contributed by atoms with Crippen molar-refractivity contribution in [3.05, 3.63) is 28.8 Å². The maximum absolute atomic E-state index is 6.09. The fourth-order valence-electron chi connectivity index (χ4n) is 2.66. The molecule has 1 aromatic carbocycles. The minimum Gasteiger partial charge on any atom is -0.490 e. The molecule has 1 aromatic rings. The fraction of sp³-hybridized carbons (Fsp3) is 0.500. The first-order chi connectivity index (χ1) is 8.74. The zero-order valence-corrected chi connectivity index (χ0v) is 11.5. The first-order valence-electron chi connectivity index (χ1n) is 6.67. The van der Waals surface area contributed by atoms with E-state index in [-0.39, 0.29) is 0 Å². The smallest absolute Gasteiger partial charge is 0.121 e. The lowest BCUT2D eigenvalue weighted by molar-refractivity contribution is 0.0904. The van der Waals surface area contributed by atoms with Gasteiger partial charge < -0.3 is 4.74 Å². The van der Waals surface area contributed by atoms with Crippen LogP contribution in [0.5, 0.6) is 5.75 Å². The summed E-state index contributed by atoms with van der Waals surface area (Å²) in [5.74, 6) is 4.07. The molecule has 0 spiro atoms. The Morgan fingerprint density at radius 1 is 1.39 bits per heavy atom. The minimum atomic E-state index is 0.330. The van der Waals surface area contributed by atoms with Gasteiger partial charge in [-0.1, -0.05) is 30.9 Å². The molecule has 0 saturated heterocycles. The molecule has 0 amide bonds. The summed E-state index contributed by atoms with van der Waals surface area (Å²) in [6, 6.07) is 5.60. The lowest BCUT2D eigenvalue weighted by atomic mass is 9.85. The molecule has 0 heterocycles. The average molecular weight is 263 g/mol. The minimum absolute atomic E-state index is 0.330. The van der Waals surface area contributed by atoms with Gasteiger partial charge in [0.1, 0.15) is 11.9 Å². The number of benzene rings is 1. The summed E-state index contributed by atoms with van der Waals surface area (Å²) < 4.78 is 6.09. The van der Waals surface area contributed by atoms with Gasteiger partial charge in [-0.15, -0.1) is 6.42 Å². The summed E-state index contributed by atoms with van der Waals surface area (Å²) in [7, 11) is 0. The van der Waals surface area contributed by atoms with Crippen LogP contribution in [0, 0.1) is 18.3 Å². The molecule has 2 atom stereocenters. The van der Waals surface area contributed by atoms with E-state index in [2.05, 4.69) is 12.8 Å². The van der Waals surface area contributed by atoms with Crippen molar-refractivity contribution in [2.75, 3.05) is 0 Å². The molecule has 96 valence electrons. The van der Waals surface area contributed by atoms with Gasteiger partial charge in [0.05, 0.1) is 5.02 Å². The molecule has 0 radical (unpaired) electrons. The van der Waals surface area contributed by atoms with Crippen LogP contribution in [0.4, 0.5) is 0 Å². The van der Waals surface area contributed by atoms with Gasteiger partial charge in [-0.2, -0.15) is 0 Å². The molecule has 1 aliphatic carbocycles. The Kier molecular flexibility index (Phi) is 4.55. The SMILES string of the molecule is C#Cc1ccc(OC2CCCCC2CC)cc1Cl. The lowest BCUT2D eigenvalue weighted by Crippen LogP contribution is -2.29. The first kappa shape index (κ1) is 13.3. The third-order valence-corrected chi connectivity index (χ3v) is 4.06. The van der Waals surface area contributed by atoms with E-state index >= 15 is 0 Å². The molecule has 0 bridgehead atoms. The van der Waals surface area contributed by atoms with Gasteiger partial charge in [-0.3, -0.25) is 0 Å². The van der Waals surface area contributed by atoms with Crippen LogP contribution in [-0.4, -0.2) is 6.10 Å². The van der Waals surface area contributed by atoms with Crippen LogP contribution in [0.3, 0.4) is 0 Å². The molecule has 18 heavy (non-hydrogen) atoms. The van der Waals surface area contributed by atoms with Gasteiger partial charge in [0.25, 0.3) is 0 Å². The summed E-state index contributed by atoms with van der Waals surface area (Å²) >= 11 is 6.09. The third kappa shape index (κ3) is 3.00. The van der Waals surface area contributed by atoms with Crippen molar-refractivity contribution in [2.45, 2.75) is 45.1 Å². The van der Waals surface area contributed by atoms with E-state index in [0.29, 0.717) is 17.0 Å². The molecule has 1 aliphatic rings. The Hall–Kier alpha value is -1.13. The van der Waals surface area contributed by atoms with E-state index in [4.69, 9.17) is 22.8 Å². The number of terminal acetylenes is 1. The Bertz CT molecular complexity index is 447. The van der Waals surface area contributed by atoms with Crippen molar-refractivity contribution in [1.29, 1.82) is 0 Å². The molecule has 0 aliphatic heterocycles. The van der Waals surface area contributed by atoms with Crippen molar-refractivity contribution in [1.82, 2.24) is 0 Å². The van der Waals surface area contributed by atoms with E-state index in [9.17, 15) is 0 Å². The zero-order valence-electron chi connectivity index (χ0n) is 10.8.